The van der Waals surface area contributed by atoms with Crippen molar-refractivity contribution in [2.24, 2.45) is 0 Å². The monoisotopic (exact) mass is 323 g/mol. The lowest BCUT2D eigenvalue weighted by Gasteiger charge is -2.20. The maximum atomic E-state index is 11.8. The molecular formula is C16H21NO4S. The highest BCUT2D eigenvalue weighted by Gasteiger charge is 2.20. The fraction of sp³-hybridized carbons (Fsp3) is 0.375. The first-order valence-electron chi connectivity index (χ1n) is 6.73. The van der Waals surface area contributed by atoms with E-state index in [9.17, 15) is 9.59 Å². The van der Waals surface area contributed by atoms with Crippen LogP contribution in [0.5, 0.6) is 0 Å². The summed E-state index contributed by atoms with van der Waals surface area (Å²) >= 11 is 1.31. The van der Waals surface area contributed by atoms with Crippen LogP contribution >= 0.6 is 11.8 Å². The van der Waals surface area contributed by atoms with Gasteiger partial charge in [-0.2, -0.15) is 0 Å². The fourth-order valence-corrected chi connectivity index (χ4v) is 2.10. The fourth-order valence-electron chi connectivity index (χ4n) is 1.40. The highest BCUT2D eigenvalue weighted by atomic mass is 32.2. The number of alkyl carbamates (subject to hydrolysis) is 1. The zero-order chi connectivity index (χ0) is 16.8. The number of ether oxygens (including phenoxy) is 2. The van der Waals surface area contributed by atoms with Crippen LogP contribution in [0.2, 0.25) is 0 Å². The third-order valence-electron chi connectivity index (χ3n) is 2.37. The molecule has 5 nitrogen and oxygen atoms in total. The molecule has 0 bridgehead atoms. The van der Waals surface area contributed by atoms with E-state index in [0.717, 1.165) is 10.5 Å². The summed E-state index contributed by atoms with van der Waals surface area (Å²) in [7, 11) is 1.25. The van der Waals surface area contributed by atoms with E-state index in [1.54, 1.807) is 20.8 Å². The first kappa shape index (κ1) is 18.1. The van der Waals surface area contributed by atoms with E-state index < -0.39 is 17.7 Å². The van der Waals surface area contributed by atoms with Crippen molar-refractivity contribution >= 4 is 23.8 Å². The summed E-state index contributed by atoms with van der Waals surface area (Å²) in [5.41, 5.74) is 0.533. The van der Waals surface area contributed by atoms with Gasteiger partial charge in [0, 0.05) is 10.3 Å². The normalized spacial score (nSPS) is 11.8. The minimum absolute atomic E-state index is 0.0299. The lowest BCUT2D eigenvalue weighted by Crippen LogP contribution is -2.34. The molecule has 0 atom stereocenters. The highest BCUT2D eigenvalue weighted by molar-refractivity contribution is 8.02. The molecule has 0 aliphatic rings. The van der Waals surface area contributed by atoms with Crippen LogP contribution in [0, 0.1) is 6.92 Å². The zero-order valence-corrected chi connectivity index (χ0v) is 14.2. The molecule has 1 rings (SSSR count). The van der Waals surface area contributed by atoms with Gasteiger partial charge in [0.2, 0.25) is 0 Å². The van der Waals surface area contributed by atoms with Gasteiger partial charge >= 0.3 is 12.1 Å². The van der Waals surface area contributed by atoms with Gasteiger partial charge in [-0.1, -0.05) is 29.5 Å². The second kappa shape index (κ2) is 7.89. The van der Waals surface area contributed by atoms with E-state index in [2.05, 4.69) is 10.1 Å². The number of thioether (sulfide) groups is 1. The molecule has 22 heavy (non-hydrogen) atoms. The number of nitrogens with one attached hydrogen (secondary N) is 1. The third kappa shape index (κ3) is 6.67. The Morgan fingerprint density at radius 3 is 2.27 bits per heavy atom. The number of amides is 1. The molecule has 0 aliphatic carbocycles. The minimum Gasteiger partial charge on any atom is -0.464 e. The Labute approximate surface area is 135 Å². The Morgan fingerprint density at radius 2 is 1.77 bits per heavy atom. The largest absolute Gasteiger partial charge is 0.464 e. The molecule has 0 fully saturated rings. The number of carbonyl (C=O) groups is 2. The number of rotatable bonds is 4. The molecule has 0 radical (unpaired) electrons. The van der Waals surface area contributed by atoms with Gasteiger partial charge < -0.3 is 9.47 Å². The molecule has 0 saturated heterocycles. The van der Waals surface area contributed by atoms with Crippen molar-refractivity contribution in [1.82, 2.24) is 5.32 Å². The average molecular weight is 323 g/mol. The molecule has 0 heterocycles. The molecule has 0 spiro atoms. The SMILES string of the molecule is COC(=O)/C(=C/Sc1ccc(C)cc1)NC(=O)OC(C)(C)C. The lowest BCUT2D eigenvalue weighted by molar-refractivity contribution is -0.136. The van der Waals surface area contributed by atoms with E-state index >= 15 is 0 Å². The van der Waals surface area contributed by atoms with Crippen LogP contribution in [0.1, 0.15) is 26.3 Å². The van der Waals surface area contributed by atoms with Crippen LogP contribution < -0.4 is 5.32 Å². The number of hydrogen-bond donors (Lipinski definition) is 1. The van der Waals surface area contributed by atoms with E-state index in [1.807, 2.05) is 31.2 Å². The quantitative estimate of drug-likeness (QED) is 0.521. The van der Waals surface area contributed by atoms with Crippen molar-refractivity contribution in [2.45, 2.75) is 38.2 Å². The molecule has 120 valence electrons. The predicted molar refractivity (Wildman–Crippen MR) is 86.5 cm³/mol. The van der Waals surface area contributed by atoms with Crippen LogP contribution in [-0.4, -0.2) is 24.8 Å². The standard InChI is InChI=1S/C16H21NO4S/c1-11-6-8-12(9-7-11)22-10-13(14(18)20-5)17-15(19)21-16(2,3)4/h6-10H,1-5H3,(H,17,19)/b13-10-. The summed E-state index contributed by atoms with van der Waals surface area (Å²) in [4.78, 5) is 24.4. The first-order chi connectivity index (χ1) is 10.2. The van der Waals surface area contributed by atoms with Crippen molar-refractivity contribution in [3.05, 3.63) is 40.9 Å². The topological polar surface area (TPSA) is 64.6 Å². The van der Waals surface area contributed by atoms with Gasteiger partial charge in [0.15, 0.2) is 0 Å². The molecule has 0 unspecified atom stereocenters. The Kier molecular flexibility index (Phi) is 6.49. The van der Waals surface area contributed by atoms with Crippen molar-refractivity contribution in [3.8, 4) is 0 Å². The highest BCUT2D eigenvalue weighted by Crippen LogP contribution is 2.21. The van der Waals surface area contributed by atoms with Crippen molar-refractivity contribution in [2.75, 3.05) is 7.11 Å². The van der Waals surface area contributed by atoms with Crippen LogP contribution in [0.3, 0.4) is 0 Å². The van der Waals surface area contributed by atoms with Crippen molar-refractivity contribution < 1.29 is 19.1 Å². The first-order valence-corrected chi connectivity index (χ1v) is 7.61. The van der Waals surface area contributed by atoms with Gasteiger partial charge in [-0.15, -0.1) is 0 Å². The molecule has 1 aromatic rings. The zero-order valence-electron chi connectivity index (χ0n) is 13.4. The molecule has 1 N–H and O–H groups in total. The number of benzene rings is 1. The maximum Gasteiger partial charge on any atom is 0.412 e. The molecule has 0 aliphatic heterocycles. The van der Waals surface area contributed by atoms with E-state index in [4.69, 9.17) is 4.74 Å². The van der Waals surface area contributed by atoms with Gasteiger partial charge in [-0.3, -0.25) is 5.32 Å². The number of methoxy groups -OCH3 is 1. The second-order valence-corrected chi connectivity index (χ2v) is 6.52. The van der Waals surface area contributed by atoms with Crippen LogP contribution in [0.15, 0.2) is 40.3 Å². The van der Waals surface area contributed by atoms with Crippen LogP contribution in [0.25, 0.3) is 0 Å². The number of aryl methyl sites for hydroxylation is 1. The van der Waals surface area contributed by atoms with Gasteiger partial charge in [0.05, 0.1) is 7.11 Å². The summed E-state index contributed by atoms with van der Waals surface area (Å²) in [5, 5.41) is 3.94. The van der Waals surface area contributed by atoms with Gasteiger partial charge in [0.1, 0.15) is 11.3 Å². The van der Waals surface area contributed by atoms with Crippen LogP contribution in [-0.2, 0) is 14.3 Å². The van der Waals surface area contributed by atoms with Crippen LogP contribution in [0.4, 0.5) is 4.79 Å². The molecular weight excluding hydrogens is 302 g/mol. The smallest absolute Gasteiger partial charge is 0.412 e. The number of hydrogen-bond acceptors (Lipinski definition) is 5. The summed E-state index contributed by atoms with van der Waals surface area (Å²) in [6, 6.07) is 7.79. The summed E-state index contributed by atoms with van der Waals surface area (Å²) in [5.74, 6) is -0.634. The Bertz CT molecular complexity index is 559. The Morgan fingerprint density at radius 1 is 1.18 bits per heavy atom. The van der Waals surface area contributed by atoms with E-state index in [0.29, 0.717) is 0 Å². The van der Waals surface area contributed by atoms with Crippen molar-refractivity contribution in [1.29, 1.82) is 0 Å². The third-order valence-corrected chi connectivity index (χ3v) is 3.27. The number of esters is 1. The Hall–Kier alpha value is -1.95. The van der Waals surface area contributed by atoms with E-state index in [1.165, 1.54) is 24.3 Å². The number of carbonyl (C=O) groups excluding carboxylic acids is 2. The second-order valence-electron chi connectivity index (χ2n) is 5.58. The average Bonchev–Trinajstić information content (AvgIpc) is 2.42. The van der Waals surface area contributed by atoms with Crippen molar-refractivity contribution in [3.63, 3.8) is 0 Å². The van der Waals surface area contributed by atoms with E-state index in [-0.39, 0.29) is 5.70 Å². The summed E-state index contributed by atoms with van der Waals surface area (Å²) < 4.78 is 9.78. The van der Waals surface area contributed by atoms with Gasteiger partial charge in [-0.25, -0.2) is 9.59 Å². The predicted octanol–water partition coefficient (Wildman–Crippen LogP) is 3.63. The Balaban J connectivity index is 2.79. The molecule has 0 aromatic heterocycles. The minimum atomic E-state index is -0.700. The summed E-state index contributed by atoms with van der Waals surface area (Å²) in [6.45, 7) is 7.23. The summed E-state index contributed by atoms with van der Waals surface area (Å²) in [6.07, 6.45) is -0.700. The lowest BCUT2D eigenvalue weighted by atomic mass is 10.2. The molecule has 1 amide bonds. The van der Waals surface area contributed by atoms with Gasteiger partial charge in [-0.05, 0) is 39.8 Å². The molecule has 1 aromatic carbocycles. The molecule has 6 heteroatoms. The molecule has 0 saturated carbocycles. The maximum absolute atomic E-state index is 11.8. The van der Waals surface area contributed by atoms with Gasteiger partial charge in [0.25, 0.3) is 0 Å².